The minimum Gasteiger partial charge on any atom is -0.330 e. The second-order valence-corrected chi connectivity index (χ2v) is 5.95. The van der Waals surface area contributed by atoms with E-state index in [0.29, 0.717) is 0 Å². The third kappa shape index (κ3) is 2.71. The van der Waals surface area contributed by atoms with E-state index in [2.05, 4.69) is 24.3 Å². The Morgan fingerprint density at radius 2 is 1.19 bits per heavy atom. The van der Waals surface area contributed by atoms with Crippen LogP contribution < -0.4 is 11.5 Å². The lowest BCUT2D eigenvalue weighted by Crippen LogP contribution is -2.00. The summed E-state index contributed by atoms with van der Waals surface area (Å²) in [4.78, 5) is 5.42. The summed E-state index contributed by atoms with van der Waals surface area (Å²) in [6, 6.07) is 8.73. The van der Waals surface area contributed by atoms with Gasteiger partial charge in [0.05, 0.1) is 0 Å². The minimum atomic E-state index is 0.725. The first-order chi connectivity index (χ1) is 7.83. The molecule has 86 valence electrons. The number of nitrogens with two attached hydrogens (primary N) is 2. The van der Waals surface area contributed by atoms with Crippen molar-refractivity contribution in [3.05, 3.63) is 34.0 Å². The van der Waals surface area contributed by atoms with Gasteiger partial charge in [-0.2, -0.15) is 0 Å². The van der Waals surface area contributed by atoms with E-state index < -0.39 is 0 Å². The number of hydrogen-bond acceptors (Lipinski definition) is 4. The zero-order valence-electron chi connectivity index (χ0n) is 9.11. The highest BCUT2D eigenvalue weighted by Gasteiger charge is 2.05. The van der Waals surface area contributed by atoms with Crippen molar-refractivity contribution in [2.24, 2.45) is 11.5 Å². The van der Waals surface area contributed by atoms with E-state index in [4.69, 9.17) is 11.5 Å². The van der Waals surface area contributed by atoms with Crippen molar-refractivity contribution in [2.75, 3.05) is 13.1 Å². The average Bonchev–Trinajstić information content (AvgIpc) is 2.87. The van der Waals surface area contributed by atoms with Gasteiger partial charge >= 0.3 is 0 Å². The van der Waals surface area contributed by atoms with E-state index in [9.17, 15) is 0 Å². The summed E-state index contributed by atoms with van der Waals surface area (Å²) in [5.41, 5.74) is 11.1. The van der Waals surface area contributed by atoms with Gasteiger partial charge in [-0.1, -0.05) is 0 Å². The highest BCUT2D eigenvalue weighted by molar-refractivity contribution is 7.22. The lowest BCUT2D eigenvalue weighted by Gasteiger charge is -1.92. The van der Waals surface area contributed by atoms with E-state index >= 15 is 0 Å². The fourth-order valence-electron chi connectivity index (χ4n) is 1.57. The predicted molar refractivity (Wildman–Crippen MR) is 73.1 cm³/mol. The molecule has 0 atom stereocenters. The van der Waals surface area contributed by atoms with Gasteiger partial charge in [-0.15, -0.1) is 22.7 Å². The zero-order valence-corrected chi connectivity index (χ0v) is 10.7. The maximum Gasteiger partial charge on any atom is 0.0445 e. The highest BCUT2D eigenvalue weighted by Crippen LogP contribution is 2.33. The van der Waals surface area contributed by atoms with Crippen LogP contribution in [0.5, 0.6) is 0 Å². The molecule has 2 aromatic heterocycles. The number of rotatable bonds is 5. The van der Waals surface area contributed by atoms with Crippen LogP contribution in [0.15, 0.2) is 24.3 Å². The molecule has 0 radical (unpaired) electrons. The summed E-state index contributed by atoms with van der Waals surface area (Å²) >= 11 is 3.68. The topological polar surface area (TPSA) is 52.0 Å². The molecule has 0 aliphatic heterocycles. The Balaban J connectivity index is 2.14. The summed E-state index contributed by atoms with van der Waals surface area (Å²) in [6.07, 6.45) is 1.96. The van der Waals surface area contributed by atoms with Gasteiger partial charge < -0.3 is 11.5 Å². The monoisotopic (exact) mass is 252 g/mol. The Kier molecular flexibility index (Phi) is 4.12. The van der Waals surface area contributed by atoms with Crippen LogP contribution in [0.4, 0.5) is 0 Å². The van der Waals surface area contributed by atoms with Gasteiger partial charge in [0.25, 0.3) is 0 Å². The summed E-state index contributed by atoms with van der Waals surface area (Å²) in [7, 11) is 0. The standard InChI is InChI=1S/C12H16N2S2/c13-7-5-9-1-3-11(15-9)12-4-2-10(16-12)6-8-14/h1-4H,5-8,13-14H2. The minimum absolute atomic E-state index is 0.725. The molecule has 0 spiro atoms. The smallest absolute Gasteiger partial charge is 0.0445 e. The molecule has 0 saturated heterocycles. The number of thiophene rings is 2. The van der Waals surface area contributed by atoms with E-state index in [1.807, 2.05) is 22.7 Å². The van der Waals surface area contributed by atoms with Crippen LogP contribution in [0.2, 0.25) is 0 Å². The van der Waals surface area contributed by atoms with Crippen molar-refractivity contribution < 1.29 is 0 Å². The quantitative estimate of drug-likeness (QED) is 0.859. The van der Waals surface area contributed by atoms with Crippen LogP contribution in [0.25, 0.3) is 9.75 Å². The van der Waals surface area contributed by atoms with Crippen LogP contribution >= 0.6 is 22.7 Å². The summed E-state index contributed by atoms with van der Waals surface area (Å²) < 4.78 is 0. The molecule has 0 aliphatic rings. The maximum absolute atomic E-state index is 5.55. The largest absolute Gasteiger partial charge is 0.330 e. The van der Waals surface area contributed by atoms with Crippen molar-refractivity contribution in [1.29, 1.82) is 0 Å². The SMILES string of the molecule is NCCc1ccc(-c2ccc(CCN)s2)s1. The van der Waals surface area contributed by atoms with Gasteiger partial charge in [0.2, 0.25) is 0 Å². The van der Waals surface area contributed by atoms with E-state index in [1.54, 1.807) is 0 Å². The van der Waals surface area contributed by atoms with Crippen molar-refractivity contribution in [2.45, 2.75) is 12.8 Å². The van der Waals surface area contributed by atoms with Gasteiger partial charge in [0.1, 0.15) is 0 Å². The van der Waals surface area contributed by atoms with Crippen LogP contribution in [0.1, 0.15) is 9.75 Å². The van der Waals surface area contributed by atoms with Gasteiger partial charge in [0.15, 0.2) is 0 Å². The van der Waals surface area contributed by atoms with Gasteiger partial charge in [0, 0.05) is 19.5 Å². The third-order valence-electron chi connectivity index (χ3n) is 2.35. The van der Waals surface area contributed by atoms with Crippen LogP contribution in [0.3, 0.4) is 0 Å². The molecule has 0 bridgehead atoms. The molecule has 2 nitrogen and oxygen atoms in total. The molecule has 4 heteroatoms. The Bertz CT molecular complexity index is 403. The Hall–Kier alpha value is -0.680. The zero-order chi connectivity index (χ0) is 11.4. The van der Waals surface area contributed by atoms with Crippen molar-refractivity contribution in [3.63, 3.8) is 0 Å². The first kappa shape index (κ1) is 11.8. The average molecular weight is 252 g/mol. The van der Waals surface area contributed by atoms with Crippen LogP contribution in [-0.4, -0.2) is 13.1 Å². The van der Waals surface area contributed by atoms with Crippen molar-refractivity contribution in [3.8, 4) is 9.75 Å². The Morgan fingerprint density at radius 3 is 1.56 bits per heavy atom. The highest BCUT2D eigenvalue weighted by atomic mass is 32.1. The first-order valence-electron chi connectivity index (χ1n) is 5.41. The number of hydrogen-bond donors (Lipinski definition) is 2. The van der Waals surface area contributed by atoms with Crippen LogP contribution in [0, 0.1) is 0 Å². The van der Waals surface area contributed by atoms with Gasteiger partial charge in [-0.3, -0.25) is 0 Å². The molecule has 0 fully saturated rings. The lowest BCUT2D eigenvalue weighted by atomic mass is 10.3. The second kappa shape index (κ2) is 5.59. The molecule has 0 amide bonds. The van der Waals surface area contributed by atoms with Crippen molar-refractivity contribution in [1.82, 2.24) is 0 Å². The van der Waals surface area contributed by atoms with Gasteiger partial charge in [-0.25, -0.2) is 0 Å². The maximum atomic E-state index is 5.55. The van der Waals surface area contributed by atoms with Crippen LogP contribution in [-0.2, 0) is 12.8 Å². The second-order valence-electron chi connectivity index (χ2n) is 3.61. The normalized spacial score (nSPS) is 10.9. The molecule has 0 unspecified atom stereocenters. The molecule has 0 saturated carbocycles. The summed E-state index contributed by atoms with van der Waals surface area (Å²) in [6.45, 7) is 1.45. The molecule has 2 heterocycles. The fourth-order valence-corrected chi connectivity index (χ4v) is 3.71. The molecule has 16 heavy (non-hydrogen) atoms. The summed E-state index contributed by atoms with van der Waals surface area (Å²) in [5, 5.41) is 0. The molecule has 2 aromatic rings. The third-order valence-corrected chi connectivity index (χ3v) is 4.83. The lowest BCUT2D eigenvalue weighted by molar-refractivity contribution is 0.989. The van der Waals surface area contributed by atoms with Crippen molar-refractivity contribution >= 4 is 22.7 Å². The Morgan fingerprint density at radius 1 is 0.750 bits per heavy atom. The molecule has 2 rings (SSSR count). The van der Waals surface area contributed by atoms with E-state index in [-0.39, 0.29) is 0 Å². The van der Waals surface area contributed by atoms with E-state index in [1.165, 1.54) is 19.5 Å². The Labute approximate surface area is 104 Å². The molecule has 4 N–H and O–H groups in total. The van der Waals surface area contributed by atoms with E-state index in [0.717, 1.165) is 25.9 Å². The van der Waals surface area contributed by atoms with Gasteiger partial charge in [-0.05, 0) is 50.2 Å². The summed E-state index contributed by atoms with van der Waals surface area (Å²) in [5.74, 6) is 0. The molecule has 0 aliphatic carbocycles. The predicted octanol–water partition coefficient (Wildman–Crippen LogP) is 2.48. The molecule has 0 aromatic carbocycles. The first-order valence-corrected chi connectivity index (χ1v) is 7.04. The molecular weight excluding hydrogens is 236 g/mol. The molecular formula is C12H16N2S2. The fraction of sp³-hybridized carbons (Fsp3) is 0.333.